The minimum atomic E-state index is 0.489. The van der Waals surface area contributed by atoms with Crippen LogP contribution in [0.1, 0.15) is 10.1 Å². The smallest absolute Gasteiger partial charge is 0.124 e. The molecule has 0 aromatic heterocycles. The van der Waals surface area contributed by atoms with E-state index in [1.165, 1.54) is 17.1 Å². The summed E-state index contributed by atoms with van der Waals surface area (Å²) in [6.45, 7) is 0. The molecule has 0 amide bonds. The third kappa shape index (κ3) is 2.15. The number of hydrogen-bond acceptors (Lipinski definition) is 3. The van der Waals surface area contributed by atoms with Gasteiger partial charge in [-0.05, 0) is 18.2 Å². The van der Waals surface area contributed by atoms with Crippen LogP contribution in [0.3, 0.4) is 0 Å². The van der Waals surface area contributed by atoms with Crippen molar-refractivity contribution in [2.24, 2.45) is 0 Å². The molecule has 1 aliphatic rings. The van der Waals surface area contributed by atoms with Gasteiger partial charge in [0.15, 0.2) is 0 Å². The lowest BCUT2D eigenvalue weighted by Gasteiger charge is -2.13. The van der Waals surface area contributed by atoms with E-state index >= 15 is 0 Å². The maximum atomic E-state index is 5.98. The van der Waals surface area contributed by atoms with Crippen LogP contribution in [0.5, 0.6) is 5.75 Å². The first-order chi connectivity index (χ1) is 6.81. The van der Waals surface area contributed by atoms with Crippen LogP contribution in [0.2, 0.25) is 5.02 Å². The standard InChI is InChI=1S/C10H11ClOS2/c1-12-9-3-2-7(11)6-8(9)10-13-4-5-14-10/h2-3,6,10H,4-5H2,1H3. The van der Waals surface area contributed by atoms with Crippen LogP contribution in [0.4, 0.5) is 0 Å². The second-order valence-electron chi connectivity index (χ2n) is 2.96. The van der Waals surface area contributed by atoms with Gasteiger partial charge in [-0.15, -0.1) is 23.5 Å². The summed E-state index contributed by atoms with van der Waals surface area (Å²) in [6.07, 6.45) is 0. The molecule has 0 spiro atoms. The molecular weight excluding hydrogens is 236 g/mol. The van der Waals surface area contributed by atoms with Crippen molar-refractivity contribution in [2.45, 2.75) is 4.58 Å². The van der Waals surface area contributed by atoms with Crippen LogP contribution >= 0.6 is 35.1 Å². The van der Waals surface area contributed by atoms with Crippen molar-refractivity contribution in [3.63, 3.8) is 0 Å². The molecule has 0 saturated carbocycles. The van der Waals surface area contributed by atoms with Crippen LogP contribution in [-0.2, 0) is 0 Å². The molecule has 1 aromatic carbocycles. The van der Waals surface area contributed by atoms with Gasteiger partial charge in [0, 0.05) is 22.1 Å². The Hall–Kier alpha value is 0.01000. The molecule has 0 radical (unpaired) electrons. The quantitative estimate of drug-likeness (QED) is 0.785. The highest BCUT2D eigenvalue weighted by atomic mass is 35.5. The Labute approximate surface area is 97.5 Å². The average molecular weight is 247 g/mol. The number of benzene rings is 1. The summed E-state index contributed by atoms with van der Waals surface area (Å²) in [5.74, 6) is 3.37. The molecule has 1 fully saturated rings. The molecule has 0 aliphatic carbocycles. The largest absolute Gasteiger partial charge is 0.496 e. The van der Waals surface area contributed by atoms with Crippen molar-refractivity contribution >= 4 is 35.1 Å². The lowest BCUT2D eigenvalue weighted by Crippen LogP contribution is -1.92. The lowest BCUT2D eigenvalue weighted by molar-refractivity contribution is 0.411. The van der Waals surface area contributed by atoms with Gasteiger partial charge in [-0.2, -0.15) is 0 Å². The maximum absolute atomic E-state index is 5.98. The van der Waals surface area contributed by atoms with E-state index in [0.29, 0.717) is 4.58 Å². The number of rotatable bonds is 2. The minimum Gasteiger partial charge on any atom is -0.496 e. The number of ether oxygens (including phenoxy) is 1. The van der Waals surface area contributed by atoms with Crippen molar-refractivity contribution in [2.75, 3.05) is 18.6 Å². The van der Waals surface area contributed by atoms with E-state index in [1.54, 1.807) is 7.11 Å². The SMILES string of the molecule is COc1ccc(Cl)cc1C1SCCS1. The number of thioether (sulfide) groups is 2. The van der Waals surface area contributed by atoms with Crippen molar-refractivity contribution in [1.29, 1.82) is 0 Å². The second kappa shape index (κ2) is 4.69. The monoisotopic (exact) mass is 246 g/mol. The highest BCUT2D eigenvalue weighted by molar-refractivity contribution is 8.19. The van der Waals surface area contributed by atoms with E-state index in [4.69, 9.17) is 16.3 Å². The summed E-state index contributed by atoms with van der Waals surface area (Å²) in [6, 6.07) is 5.82. The minimum absolute atomic E-state index is 0.489. The maximum Gasteiger partial charge on any atom is 0.124 e. The van der Waals surface area contributed by atoms with Crippen LogP contribution in [0.25, 0.3) is 0 Å². The number of methoxy groups -OCH3 is 1. The van der Waals surface area contributed by atoms with E-state index in [2.05, 4.69) is 0 Å². The first-order valence-corrected chi connectivity index (χ1v) is 6.85. The van der Waals surface area contributed by atoms with Gasteiger partial charge in [0.05, 0.1) is 11.7 Å². The Kier molecular flexibility index (Phi) is 3.52. The first kappa shape index (κ1) is 10.5. The summed E-state index contributed by atoms with van der Waals surface area (Å²) >= 11 is 9.89. The van der Waals surface area contributed by atoms with Crippen LogP contribution in [-0.4, -0.2) is 18.6 Å². The van der Waals surface area contributed by atoms with Crippen molar-refractivity contribution in [3.8, 4) is 5.75 Å². The summed E-state index contributed by atoms with van der Waals surface area (Å²) in [7, 11) is 1.71. The fourth-order valence-corrected chi connectivity index (χ4v) is 4.50. The van der Waals surface area contributed by atoms with E-state index in [0.717, 1.165) is 10.8 Å². The summed E-state index contributed by atoms with van der Waals surface area (Å²) < 4.78 is 5.82. The predicted molar refractivity (Wildman–Crippen MR) is 65.7 cm³/mol. The molecule has 0 bridgehead atoms. The molecule has 0 atom stereocenters. The van der Waals surface area contributed by atoms with E-state index < -0.39 is 0 Å². The van der Waals surface area contributed by atoms with E-state index in [1.807, 2.05) is 41.7 Å². The Balaban J connectivity index is 2.33. The molecule has 4 heteroatoms. The normalized spacial score (nSPS) is 17.3. The van der Waals surface area contributed by atoms with Gasteiger partial charge in [0.2, 0.25) is 0 Å². The zero-order valence-electron chi connectivity index (χ0n) is 7.83. The first-order valence-electron chi connectivity index (χ1n) is 4.38. The van der Waals surface area contributed by atoms with Gasteiger partial charge in [-0.3, -0.25) is 0 Å². The predicted octanol–water partition coefficient (Wildman–Crippen LogP) is 3.83. The zero-order valence-corrected chi connectivity index (χ0v) is 10.2. The Morgan fingerprint density at radius 2 is 2.07 bits per heavy atom. The average Bonchev–Trinajstić information content (AvgIpc) is 2.70. The summed E-state index contributed by atoms with van der Waals surface area (Å²) in [5, 5.41) is 0.786. The third-order valence-corrected chi connectivity index (χ3v) is 5.37. The fraction of sp³-hybridized carbons (Fsp3) is 0.400. The Morgan fingerprint density at radius 1 is 1.36 bits per heavy atom. The molecular formula is C10H11ClOS2. The molecule has 1 aromatic rings. The van der Waals surface area contributed by atoms with Gasteiger partial charge >= 0.3 is 0 Å². The zero-order chi connectivity index (χ0) is 9.97. The fourth-order valence-electron chi connectivity index (χ4n) is 1.43. The van der Waals surface area contributed by atoms with Gasteiger partial charge in [-0.1, -0.05) is 11.6 Å². The Morgan fingerprint density at radius 3 is 2.71 bits per heavy atom. The summed E-state index contributed by atoms with van der Waals surface area (Å²) in [4.78, 5) is 0. The molecule has 1 heterocycles. The van der Waals surface area contributed by atoms with Crippen LogP contribution in [0.15, 0.2) is 18.2 Å². The van der Waals surface area contributed by atoms with Gasteiger partial charge in [-0.25, -0.2) is 0 Å². The second-order valence-corrected chi connectivity index (χ2v) is 6.12. The van der Waals surface area contributed by atoms with Crippen molar-refractivity contribution < 1.29 is 4.74 Å². The molecule has 1 nitrogen and oxygen atoms in total. The molecule has 2 rings (SSSR count). The van der Waals surface area contributed by atoms with Crippen LogP contribution < -0.4 is 4.74 Å². The summed E-state index contributed by atoms with van der Waals surface area (Å²) in [5.41, 5.74) is 1.22. The van der Waals surface area contributed by atoms with Crippen molar-refractivity contribution in [1.82, 2.24) is 0 Å². The molecule has 14 heavy (non-hydrogen) atoms. The highest BCUT2D eigenvalue weighted by Crippen LogP contribution is 2.48. The van der Waals surface area contributed by atoms with Gasteiger partial charge < -0.3 is 4.74 Å². The van der Waals surface area contributed by atoms with Crippen LogP contribution in [0, 0.1) is 0 Å². The number of halogens is 1. The Bertz CT molecular complexity index is 324. The number of hydrogen-bond donors (Lipinski definition) is 0. The molecule has 0 N–H and O–H groups in total. The molecule has 1 saturated heterocycles. The van der Waals surface area contributed by atoms with Crippen molar-refractivity contribution in [3.05, 3.63) is 28.8 Å². The molecule has 0 unspecified atom stereocenters. The molecule has 76 valence electrons. The van der Waals surface area contributed by atoms with E-state index in [-0.39, 0.29) is 0 Å². The highest BCUT2D eigenvalue weighted by Gasteiger charge is 2.21. The third-order valence-electron chi connectivity index (χ3n) is 2.07. The van der Waals surface area contributed by atoms with Gasteiger partial charge in [0.25, 0.3) is 0 Å². The van der Waals surface area contributed by atoms with Gasteiger partial charge in [0.1, 0.15) is 5.75 Å². The topological polar surface area (TPSA) is 9.23 Å². The lowest BCUT2D eigenvalue weighted by atomic mass is 10.2. The van der Waals surface area contributed by atoms with E-state index in [9.17, 15) is 0 Å². The molecule has 1 aliphatic heterocycles.